The number of hydrogen-bond acceptors (Lipinski definition) is 4. The van der Waals surface area contributed by atoms with Crippen molar-refractivity contribution < 1.29 is 4.79 Å². The van der Waals surface area contributed by atoms with Crippen molar-refractivity contribution in [3.63, 3.8) is 0 Å². The molecule has 1 heterocycles. The number of rotatable bonds is 4. The number of carbonyl (C=O) groups excluding carboxylic acids is 1. The monoisotopic (exact) mass is 418 g/mol. The normalized spacial score (nSPS) is 16.5. The van der Waals surface area contributed by atoms with Crippen molar-refractivity contribution in [2.45, 2.75) is 0 Å². The van der Waals surface area contributed by atoms with Crippen LogP contribution in [-0.4, -0.2) is 21.5 Å². The zero-order chi connectivity index (χ0) is 18.5. The first kappa shape index (κ1) is 18.9. The highest BCUT2D eigenvalue weighted by Gasteiger charge is 2.31. The van der Waals surface area contributed by atoms with Gasteiger partial charge in [0.25, 0.3) is 5.91 Å². The Morgan fingerprint density at radius 3 is 2.42 bits per heavy atom. The van der Waals surface area contributed by atoms with Crippen LogP contribution < -0.4 is 0 Å². The van der Waals surface area contributed by atoms with Crippen LogP contribution in [0.2, 0.25) is 10.0 Å². The summed E-state index contributed by atoms with van der Waals surface area (Å²) in [4.78, 5) is 13.0. The molecule has 3 nitrogen and oxygen atoms in total. The quantitative estimate of drug-likeness (QED) is 0.358. The Balaban J connectivity index is 1.76. The molecule has 1 aliphatic rings. The van der Waals surface area contributed by atoms with E-state index in [2.05, 4.69) is 5.10 Å². The van der Waals surface area contributed by atoms with Crippen LogP contribution in [0.15, 0.2) is 70.7 Å². The number of thioether (sulfide) groups is 1. The van der Waals surface area contributed by atoms with E-state index in [0.29, 0.717) is 24.8 Å². The summed E-state index contributed by atoms with van der Waals surface area (Å²) in [5, 5.41) is 6.23. The van der Waals surface area contributed by atoms with Crippen molar-refractivity contribution in [1.82, 2.24) is 5.01 Å². The standard InChI is InChI=1S/C19H12Cl2N2OS2/c20-15-9-5-10-16(21)14(15)12-22-23-18(24)17(26-19(23)25)11-4-8-13-6-2-1-3-7-13/h1-12H/b8-4-,17-11+,22-12+. The van der Waals surface area contributed by atoms with Crippen LogP contribution in [0.25, 0.3) is 6.08 Å². The molecule has 130 valence electrons. The Labute approximate surface area is 171 Å². The number of thiocarbonyl (C=S) groups is 1. The summed E-state index contributed by atoms with van der Waals surface area (Å²) in [7, 11) is 0. The number of amides is 1. The summed E-state index contributed by atoms with van der Waals surface area (Å²) in [6, 6.07) is 15.0. The lowest BCUT2D eigenvalue weighted by molar-refractivity contribution is -0.122. The van der Waals surface area contributed by atoms with Gasteiger partial charge in [-0.1, -0.05) is 83.5 Å². The molecule has 1 fully saturated rings. The highest BCUT2D eigenvalue weighted by Crippen LogP contribution is 2.31. The van der Waals surface area contributed by atoms with Gasteiger partial charge in [-0.05, 0) is 36.0 Å². The highest BCUT2D eigenvalue weighted by molar-refractivity contribution is 8.26. The predicted molar refractivity (Wildman–Crippen MR) is 115 cm³/mol. The van der Waals surface area contributed by atoms with E-state index in [1.54, 1.807) is 24.3 Å². The molecule has 0 unspecified atom stereocenters. The molecule has 0 spiro atoms. The molecule has 26 heavy (non-hydrogen) atoms. The lowest BCUT2D eigenvalue weighted by Crippen LogP contribution is -2.22. The van der Waals surface area contributed by atoms with Crippen molar-refractivity contribution in [1.29, 1.82) is 0 Å². The van der Waals surface area contributed by atoms with Crippen LogP contribution >= 0.6 is 47.2 Å². The number of nitrogens with zero attached hydrogens (tertiary/aromatic N) is 2. The first-order chi connectivity index (χ1) is 12.6. The van der Waals surface area contributed by atoms with E-state index in [0.717, 1.165) is 5.56 Å². The van der Waals surface area contributed by atoms with E-state index < -0.39 is 0 Å². The van der Waals surface area contributed by atoms with Crippen LogP contribution in [0.3, 0.4) is 0 Å². The van der Waals surface area contributed by atoms with Gasteiger partial charge in [0.05, 0.1) is 21.2 Å². The maximum Gasteiger partial charge on any atom is 0.286 e. The highest BCUT2D eigenvalue weighted by atomic mass is 35.5. The van der Waals surface area contributed by atoms with Gasteiger partial charge < -0.3 is 0 Å². The molecule has 0 aliphatic carbocycles. The van der Waals surface area contributed by atoms with Crippen molar-refractivity contribution in [2.24, 2.45) is 5.10 Å². The van der Waals surface area contributed by atoms with E-state index in [-0.39, 0.29) is 5.91 Å². The van der Waals surface area contributed by atoms with Crippen LogP contribution in [0, 0.1) is 0 Å². The number of carbonyl (C=O) groups is 1. The molecule has 2 aromatic rings. The zero-order valence-electron chi connectivity index (χ0n) is 13.3. The smallest absolute Gasteiger partial charge is 0.266 e. The molecule has 2 aromatic carbocycles. The number of benzene rings is 2. The van der Waals surface area contributed by atoms with Gasteiger partial charge in [-0.3, -0.25) is 4.79 Å². The molecule has 0 bridgehead atoms. The molecule has 0 radical (unpaired) electrons. The van der Waals surface area contributed by atoms with E-state index in [4.69, 9.17) is 35.4 Å². The molecule has 1 aliphatic heterocycles. The van der Waals surface area contributed by atoms with Crippen molar-refractivity contribution >= 4 is 69.7 Å². The Morgan fingerprint density at radius 1 is 1.04 bits per heavy atom. The summed E-state index contributed by atoms with van der Waals surface area (Å²) in [5.41, 5.74) is 1.59. The molecular formula is C19H12Cl2N2OS2. The lowest BCUT2D eigenvalue weighted by Gasteiger charge is -2.07. The average Bonchev–Trinajstić information content (AvgIpc) is 2.89. The zero-order valence-corrected chi connectivity index (χ0v) is 16.4. The van der Waals surface area contributed by atoms with Crippen molar-refractivity contribution in [3.05, 3.63) is 86.8 Å². The summed E-state index contributed by atoms with van der Waals surface area (Å²) < 4.78 is 0.355. The van der Waals surface area contributed by atoms with Gasteiger partial charge in [-0.2, -0.15) is 10.1 Å². The second-order valence-corrected chi connectivity index (χ2v) is 7.66. The van der Waals surface area contributed by atoms with Gasteiger partial charge in [0.2, 0.25) is 0 Å². The fraction of sp³-hybridized carbons (Fsp3) is 0. The Bertz CT molecular complexity index is 920. The molecular weight excluding hydrogens is 407 g/mol. The number of hydrazone groups is 1. The van der Waals surface area contributed by atoms with Gasteiger partial charge in [-0.15, -0.1) is 0 Å². The fourth-order valence-corrected chi connectivity index (χ4v) is 3.75. The van der Waals surface area contributed by atoms with E-state index >= 15 is 0 Å². The Morgan fingerprint density at radius 2 is 1.73 bits per heavy atom. The summed E-state index contributed by atoms with van der Waals surface area (Å²) in [6.07, 6.45) is 6.90. The Kier molecular flexibility index (Phi) is 6.27. The van der Waals surface area contributed by atoms with Gasteiger partial charge in [-0.25, -0.2) is 0 Å². The van der Waals surface area contributed by atoms with E-state index in [9.17, 15) is 4.79 Å². The van der Waals surface area contributed by atoms with Crippen molar-refractivity contribution in [2.75, 3.05) is 0 Å². The minimum absolute atomic E-state index is 0.280. The van der Waals surface area contributed by atoms with Crippen LogP contribution in [0.5, 0.6) is 0 Å². The maximum absolute atomic E-state index is 12.5. The largest absolute Gasteiger partial charge is 0.286 e. The molecule has 0 N–H and O–H groups in total. The van der Waals surface area contributed by atoms with Crippen LogP contribution in [-0.2, 0) is 4.79 Å². The molecule has 0 atom stereocenters. The van der Waals surface area contributed by atoms with E-state index in [1.807, 2.05) is 42.5 Å². The minimum Gasteiger partial charge on any atom is -0.266 e. The number of allylic oxidation sites excluding steroid dienone is 2. The van der Waals surface area contributed by atoms with E-state index in [1.165, 1.54) is 23.0 Å². The minimum atomic E-state index is -0.280. The average molecular weight is 419 g/mol. The van der Waals surface area contributed by atoms with Gasteiger partial charge in [0, 0.05) is 5.56 Å². The molecule has 0 saturated carbocycles. The predicted octanol–water partition coefficient (Wildman–Crippen LogP) is 5.78. The summed E-state index contributed by atoms with van der Waals surface area (Å²) in [6.45, 7) is 0. The second kappa shape index (κ2) is 8.64. The second-order valence-electron chi connectivity index (χ2n) is 5.17. The first-order valence-corrected chi connectivity index (χ1v) is 9.52. The van der Waals surface area contributed by atoms with Gasteiger partial charge >= 0.3 is 0 Å². The molecule has 1 saturated heterocycles. The molecule has 1 amide bonds. The van der Waals surface area contributed by atoms with Crippen LogP contribution in [0.1, 0.15) is 11.1 Å². The Hall–Kier alpha value is -1.92. The van der Waals surface area contributed by atoms with Gasteiger partial charge in [0.1, 0.15) is 0 Å². The maximum atomic E-state index is 12.5. The third kappa shape index (κ3) is 4.43. The van der Waals surface area contributed by atoms with Gasteiger partial charge in [0.15, 0.2) is 4.32 Å². The molecule has 0 aromatic heterocycles. The first-order valence-electron chi connectivity index (χ1n) is 7.54. The number of halogens is 2. The SMILES string of the molecule is O=C1/C(=C\C=C/c2ccccc2)SC(=S)N1/N=C/c1c(Cl)cccc1Cl. The van der Waals surface area contributed by atoms with Crippen molar-refractivity contribution in [3.8, 4) is 0 Å². The fourth-order valence-electron chi connectivity index (χ4n) is 2.13. The summed E-state index contributed by atoms with van der Waals surface area (Å²) >= 11 is 18.7. The lowest BCUT2D eigenvalue weighted by atomic mass is 10.2. The molecule has 7 heteroatoms. The summed E-state index contributed by atoms with van der Waals surface area (Å²) in [5.74, 6) is -0.280. The third-order valence-corrected chi connectivity index (χ3v) is 5.37. The topological polar surface area (TPSA) is 32.7 Å². The number of hydrogen-bond donors (Lipinski definition) is 0. The van der Waals surface area contributed by atoms with Crippen LogP contribution in [0.4, 0.5) is 0 Å². The molecule has 3 rings (SSSR count). The third-order valence-electron chi connectivity index (χ3n) is 3.41.